The maximum absolute atomic E-state index is 13.6. The Morgan fingerprint density at radius 2 is 1.33 bits per heavy atom. The molecule has 10 atom stereocenters. The molecule has 48 heavy (non-hydrogen) atoms. The molecule has 17 nitrogen and oxygen atoms in total. The summed E-state index contributed by atoms with van der Waals surface area (Å²) in [5.41, 5.74) is -0.0298. The Balaban J connectivity index is 1.80. The lowest BCUT2D eigenvalue weighted by Gasteiger charge is -2.47. The number of unbranched alkanes of at least 4 members (excludes halogenated alkanes) is 5. The lowest BCUT2D eigenvalue weighted by molar-refractivity contribution is -0.344. The molecule has 2 heterocycles. The highest BCUT2D eigenvalue weighted by atomic mass is 16.7. The van der Waals surface area contributed by atoms with Crippen LogP contribution in [0.4, 0.5) is 0 Å². The van der Waals surface area contributed by atoms with Crippen molar-refractivity contribution in [1.29, 1.82) is 0 Å². The van der Waals surface area contributed by atoms with E-state index in [0.29, 0.717) is 12.8 Å². The van der Waals surface area contributed by atoms with Crippen LogP contribution in [0, 0.1) is 0 Å². The molecule has 0 bridgehead atoms. The Morgan fingerprint density at radius 3 is 1.92 bits per heavy atom. The van der Waals surface area contributed by atoms with Gasteiger partial charge in [-0.15, -0.1) is 0 Å². The van der Waals surface area contributed by atoms with E-state index in [9.17, 15) is 45.3 Å². The molecule has 1 aromatic carbocycles. The van der Waals surface area contributed by atoms with Crippen molar-refractivity contribution >= 4 is 11.9 Å². The van der Waals surface area contributed by atoms with Crippen molar-refractivity contribution in [3.05, 3.63) is 17.7 Å². The summed E-state index contributed by atoms with van der Waals surface area (Å²) in [6, 6.07) is 1.17. The van der Waals surface area contributed by atoms with Crippen molar-refractivity contribution in [3.63, 3.8) is 0 Å². The van der Waals surface area contributed by atoms with Crippen LogP contribution in [0.25, 0.3) is 0 Å². The second-order valence-electron chi connectivity index (χ2n) is 11.6. The Hall–Kier alpha value is -2.84. The Kier molecular flexibility index (Phi) is 16.0. The smallest absolute Gasteiger partial charge is 0.305 e. The molecule has 8 N–H and O–H groups in total. The molecule has 0 aromatic heterocycles. The number of ether oxygens (including phenoxy) is 7. The average Bonchev–Trinajstić information content (AvgIpc) is 3.09. The molecule has 2 aliphatic heterocycles. The molecule has 1 aromatic rings. The lowest BCUT2D eigenvalue weighted by atomic mass is 9.95. The summed E-state index contributed by atoms with van der Waals surface area (Å²) in [6.07, 6.45) is -9.00. The normalized spacial score (nSPS) is 30.4. The first-order valence-corrected chi connectivity index (χ1v) is 15.9. The summed E-state index contributed by atoms with van der Waals surface area (Å²) in [7, 11) is 3.92. The van der Waals surface area contributed by atoms with E-state index >= 15 is 0 Å². The zero-order chi connectivity index (χ0) is 35.4. The van der Waals surface area contributed by atoms with Crippen molar-refractivity contribution < 1.29 is 78.5 Å². The number of carbonyl (C=O) groups is 2. The number of benzene rings is 1. The van der Waals surface area contributed by atoms with Crippen LogP contribution in [0.15, 0.2) is 12.1 Å². The van der Waals surface area contributed by atoms with Gasteiger partial charge in [-0.05, 0) is 25.0 Å². The van der Waals surface area contributed by atoms with Crippen LogP contribution in [-0.2, 0) is 28.5 Å². The van der Waals surface area contributed by atoms with Gasteiger partial charge in [0.2, 0.25) is 5.75 Å². The number of nitrogens with one attached hydrogen (secondary N) is 1. The first kappa shape index (κ1) is 39.6. The van der Waals surface area contributed by atoms with Crippen molar-refractivity contribution in [2.24, 2.45) is 0 Å². The molecule has 274 valence electrons. The Labute approximate surface area is 278 Å². The summed E-state index contributed by atoms with van der Waals surface area (Å²) in [6.45, 7) is -1.28. The van der Waals surface area contributed by atoms with Gasteiger partial charge in [0, 0.05) is 18.6 Å². The number of esters is 1. The average molecular weight is 692 g/mol. The molecular formula is C31H49NO16. The second kappa shape index (κ2) is 19.4. The van der Waals surface area contributed by atoms with Gasteiger partial charge in [-0.1, -0.05) is 25.7 Å². The van der Waals surface area contributed by atoms with E-state index in [0.717, 1.165) is 32.1 Å². The van der Waals surface area contributed by atoms with Gasteiger partial charge in [-0.25, -0.2) is 0 Å². The summed E-state index contributed by atoms with van der Waals surface area (Å²) in [5, 5.41) is 75.0. The van der Waals surface area contributed by atoms with E-state index in [2.05, 4.69) is 10.1 Å². The molecule has 7 unspecified atom stereocenters. The summed E-state index contributed by atoms with van der Waals surface area (Å²) in [5.74, 6) is -1.48. The highest BCUT2D eigenvalue weighted by molar-refractivity contribution is 5.96. The fraction of sp³-hybridized carbons (Fsp3) is 0.742. The van der Waals surface area contributed by atoms with Gasteiger partial charge in [0.05, 0.1) is 34.5 Å². The third-order valence-electron chi connectivity index (χ3n) is 8.32. The summed E-state index contributed by atoms with van der Waals surface area (Å²) < 4.78 is 38.2. The van der Waals surface area contributed by atoms with Crippen molar-refractivity contribution in [2.45, 2.75) is 106 Å². The van der Waals surface area contributed by atoms with Gasteiger partial charge < -0.3 is 74.2 Å². The molecule has 17 heteroatoms. The third-order valence-corrected chi connectivity index (χ3v) is 8.32. The molecule has 0 aliphatic carbocycles. The minimum Gasteiger partial charge on any atom is -0.502 e. The highest BCUT2D eigenvalue weighted by Crippen LogP contribution is 2.37. The fourth-order valence-electron chi connectivity index (χ4n) is 5.50. The van der Waals surface area contributed by atoms with Crippen LogP contribution >= 0.6 is 0 Å². The number of hydrogen-bond donors (Lipinski definition) is 8. The molecule has 1 amide bonds. The molecule has 2 saturated heterocycles. The quantitative estimate of drug-likeness (QED) is 0.0657. The SMILES string of the molecule is COC(=O)CCCCCCCCO[C@@H]1OC(CO)[C@@H](O)C(OC2OC(CO)[C@H](O)C(O)C2O)C1NC(=O)c1cc(OC)c(O)c(OC)c1. The zero-order valence-corrected chi connectivity index (χ0v) is 27.3. The van der Waals surface area contributed by atoms with Crippen molar-refractivity contribution in [1.82, 2.24) is 5.32 Å². The van der Waals surface area contributed by atoms with E-state index < -0.39 is 80.5 Å². The van der Waals surface area contributed by atoms with Crippen LogP contribution in [0.2, 0.25) is 0 Å². The lowest BCUT2D eigenvalue weighted by Crippen LogP contribution is -2.68. The number of amides is 1. The van der Waals surface area contributed by atoms with Crippen molar-refractivity contribution in [2.75, 3.05) is 41.2 Å². The predicted molar refractivity (Wildman–Crippen MR) is 163 cm³/mol. The second-order valence-corrected chi connectivity index (χ2v) is 11.6. The van der Waals surface area contributed by atoms with Gasteiger partial charge in [0.25, 0.3) is 5.91 Å². The van der Waals surface area contributed by atoms with Gasteiger partial charge in [-0.2, -0.15) is 0 Å². The molecule has 0 spiro atoms. The number of aromatic hydroxyl groups is 1. The van der Waals surface area contributed by atoms with Crippen LogP contribution in [0.3, 0.4) is 0 Å². The Morgan fingerprint density at radius 1 is 0.771 bits per heavy atom. The van der Waals surface area contributed by atoms with Gasteiger partial charge in [0.1, 0.15) is 48.8 Å². The van der Waals surface area contributed by atoms with E-state index in [4.69, 9.17) is 28.4 Å². The minimum absolute atomic E-state index is 0.0298. The number of rotatable bonds is 18. The first-order valence-electron chi connectivity index (χ1n) is 15.9. The largest absolute Gasteiger partial charge is 0.502 e. The minimum atomic E-state index is -1.83. The molecule has 2 aliphatic rings. The molecular weight excluding hydrogens is 642 g/mol. The summed E-state index contributed by atoms with van der Waals surface area (Å²) >= 11 is 0. The van der Waals surface area contributed by atoms with E-state index in [1.165, 1.54) is 33.5 Å². The predicted octanol–water partition coefficient (Wildman–Crippen LogP) is -1.31. The third kappa shape index (κ3) is 10.1. The first-order chi connectivity index (χ1) is 23.0. The van der Waals surface area contributed by atoms with Crippen LogP contribution < -0.4 is 14.8 Å². The number of hydrogen-bond acceptors (Lipinski definition) is 16. The number of phenolic OH excluding ortho intramolecular Hbond substituents is 1. The van der Waals surface area contributed by atoms with Crippen LogP contribution in [-0.4, -0.2) is 150 Å². The maximum atomic E-state index is 13.6. The number of phenols is 1. The van der Waals surface area contributed by atoms with Crippen molar-refractivity contribution in [3.8, 4) is 17.2 Å². The zero-order valence-electron chi connectivity index (χ0n) is 27.3. The molecule has 0 radical (unpaired) electrons. The Bertz CT molecular complexity index is 1130. The highest BCUT2D eigenvalue weighted by Gasteiger charge is 2.51. The molecule has 3 rings (SSSR count). The van der Waals surface area contributed by atoms with Crippen LogP contribution in [0.1, 0.15) is 55.3 Å². The van der Waals surface area contributed by atoms with E-state index in [-0.39, 0.29) is 35.4 Å². The van der Waals surface area contributed by atoms with Gasteiger partial charge in [-0.3, -0.25) is 9.59 Å². The van der Waals surface area contributed by atoms with Gasteiger partial charge >= 0.3 is 5.97 Å². The number of aliphatic hydroxyl groups is 6. The number of aliphatic hydroxyl groups excluding tert-OH is 6. The topological polar surface area (TPSA) is 252 Å². The fourth-order valence-corrected chi connectivity index (χ4v) is 5.50. The monoisotopic (exact) mass is 691 g/mol. The number of carbonyl (C=O) groups excluding carboxylic acids is 2. The van der Waals surface area contributed by atoms with Gasteiger partial charge in [0.15, 0.2) is 24.1 Å². The number of methoxy groups -OCH3 is 3. The van der Waals surface area contributed by atoms with E-state index in [1.807, 2.05) is 0 Å². The van der Waals surface area contributed by atoms with E-state index in [1.54, 1.807) is 0 Å². The summed E-state index contributed by atoms with van der Waals surface area (Å²) in [4.78, 5) is 24.9. The van der Waals surface area contributed by atoms with Crippen LogP contribution in [0.5, 0.6) is 17.2 Å². The maximum Gasteiger partial charge on any atom is 0.305 e. The molecule has 2 fully saturated rings. The standard InChI is InChI=1S/C31H49NO16/c1-42-17-12-16(13-18(43-2)23(17)36)29(41)32-22-28(48-31-27(40)26(39)24(37)19(14-33)47-31)25(38)20(15-34)46-30(22)45-11-9-7-5-4-6-8-10-21(35)44-3/h12-13,19-20,22,24-28,30-31,33-34,36-40H,4-11,14-15H2,1-3H3,(H,32,41)/t19?,20?,22?,24-,25+,26?,27?,28?,30+,31?/m0/s1. The molecule has 0 saturated carbocycles.